The molecule has 2 unspecified atom stereocenters. The molecule has 5 nitrogen and oxygen atoms in total. The van der Waals surface area contributed by atoms with E-state index in [2.05, 4.69) is 23.8 Å². The van der Waals surface area contributed by atoms with Crippen molar-refractivity contribution in [1.82, 2.24) is 9.97 Å². The van der Waals surface area contributed by atoms with Crippen LogP contribution in [0.2, 0.25) is 0 Å². The molecule has 114 valence electrons. The maximum Gasteiger partial charge on any atom is 0.251 e. The molecule has 0 aromatic carbocycles. The number of aliphatic hydroxyl groups excluding tert-OH is 1. The summed E-state index contributed by atoms with van der Waals surface area (Å²) >= 11 is 1.35. The predicted molar refractivity (Wildman–Crippen MR) is 83.0 cm³/mol. The van der Waals surface area contributed by atoms with Gasteiger partial charge >= 0.3 is 0 Å². The molecule has 1 rings (SSSR count). The van der Waals surface area contributed by atoms with Crippen molar-refractivity contribution in [1.29, 1.82) is 0 Å². The fourth-order valence-corrected chi connectivity index (χ4v) is 3.00. The van der Waals surface area contributed by atoms with E-state index >= 15 is 0 Å². The molecule has 0 spiro atoms. The minimum atomic E-state index is -0.155. The average molecular weight is 299 g/mol. The van der Waals surface area contributed by atoms with Gasteiger partial charge in [-0.2, -0.15) is 0 Å². The lowest BCUT2D eigenvalue weighted by atomic mass is 10.0. The molecule has 1 aromatic rings. The van der Waals surface area contributed by atoms with Gasteiger partial charge in [0.15, 0.2) is 5.16 Å². The summed E-state index contributed by atoms with van der Waals surface area (Å²) in [5, 5.41) is 9.88. The van der Waals surface area contributed by atoms with Crippen LogP contribution >= 0.6 is 11.8 Å². The highest BCUT2D eigenvalue weighted by Gasteiger charge is 2.20. The van der Waals surface area contributed by atoms with Crippen LogP contribution in [0.25, 0.3) is 0 Å². The second-order valence-electron chi connectivity index (χ2n) is 5.42. The van der Waals surface area contributed by atoms with Crippen LogP contribution in [0.5, 0.6) is 0 Å². The highest BCUT2D eigenvalue weighted by molar-refractivity contribution is 7.99. The number of aromatic amines is 1. The summed E-state index contributed by atoms with van der Waals surface area (Å²) in [4.78, 5) is 18.7. The maximum absolute atomic E-state index is 11.6. The molecular weight excluding hydrogens is 274 g/mol. The number of rotatable bonds is 8. The molecule has 20 heavy (non-hydrogen) atoms. The molecule has 0 saturated heterocycles. The lowest BCUT2D eigenvalue weighted by Gasteiger charge is -2.22. The Morgan fingerprint density at radius 1 is 1.50 bits per heavy atom. The minimum absolute atomic E-state index is 0.0275. The third-order valence-corrected chi connectivity index (χ3v) is 4.16. The molecule has 0 bridgehead atoms. The number of H-pyrrole nitrogens is 1. The first-order chi connectivity index (χ1) is 9.46. The minimum Gasteiger partial charge on any atom is -0.395 e. The molecule has 6 heteroatoms. The van der Waals surface area contributed by atoms with E-state index in [1.54, 1.807) is 0 Å². The van der Waals surface area contributed by atoms with Gasteiger partial charge in [0.2, 0.25) is 0 Å². The van der Waals surface area contributed by atoms with Crippen molar-refractivity contribution in [3.05, 3.63) is 22.1 Å². The van der Waals surface area contributed by atoms with Crippen LogP contribution in [0.1, 0.15) is 39.3 Å². The summed E-state index contributed by atoms with van der Waals surface area (Å²) in [6.07, 6.45) is 2.55. The lowest BCUT2D eigenvalue weighted by Crippen LogP contribution is -2.36. The first kappa shape index (κ1) is 17.2. The monoisotopic (exact) mass is 299 g/mol. The van der Waals surface area contributed by atoms with Crippen molar-refractivity contribution >= 4 is 11.8 Å². The van der Waals surface area contributed by atoms with Gasteiger partial charge in [0.05, 0.1) is 11.9 Å². The SMILES string of the molecule is CCCc1cc(=O)[nH]c(SC(CO)C(N)CC(C)C)n1. The molecule has 0 fully saturated rings. The van der Waals surface area contributed by atoms with E-state index in [-0.39, 0.29) is 23.5 Å². The van der Waals surface area contributed by atoms with Gasteiger partial charge in [0.25, 0.3) is 5.56 Å². The van der Waals surface area contributed by atoms with Gasteiger partial charge in [-0.25, -0.2) is 4.98 Å². The van der Waals surface area contributed by atoms with Crippen molar-refractivity contribution in [2.24, 2.45) is 11.7 Å². The molecule has 1 heterocycles. The van der Waals surface area contributed by atoms with Crippen molar-refractivity contribution < 1.29 is 5.11 Å². The van der Waals surface area contributed by atoms with Gasteiger partial charge < -0.3 is 15.8 Å². The number of aliphatic hydroxyl groups is 1. The molecule has 0 aliphatic heterocycles. The Morgan fingerprint density at radius 2 is 2.20 bits per heavy atom. The van der Waals surface area contributed by atoms with E-state index in [4.69, 9.17) is 5.73 Å². The van der Waals surface area contributed by atoms with Gasteiger partial charge in [0.1, 0.15) is 0 Å². The highest BCUT2D eigenvalue weighted by atomic mass is 32.2. The predicted octanol–water partition coefficient (Wildman–Crippen LogP) is 1.55. The zero-order valence-corrected chi connectivity index (χ0v) is 13.2. The van der Waals surface area contributed by atoms with Gasteiger partial charge in [-0.1, -0.05) is 39.0 Å². The molecule has 0 amide bonds. The Kier molecular flexibility index (Phi) is 7.26. The van der Waals surface area contributed by atoms with Crippen LogP contribution in [0.3, 0.4) is 0 Å². The fourth-order valence-electron chi connectivity index (χ4n) is 2.02. The summed E-state index contributed by atoms with van der Waals surface area (Å²) in [6, 6.07) is 1.40. The summed E-state index contributed by atoms with van der Waals surface area (Å²) in [7, 11) is 0. The Labute approximate surface area is 124 Å². The number of nitrogens with one attached hydrogen (secondary N) is 1. The number of hydrogen-bond acceptors (Lipinski definition) is 5. The van der Waals surface area contributed by atoms with Gasteiger partial charge in [0, 0.05) is 17.8 Å². The first-order valence-electron chi connectivity index (χ1n) is 7.09. The third-order valence-electron chi connectivity index (χ3n) is 2.94. The van der Waals surface area contributed by atoms with Crippen LogP contribution < -0.4 is 11.3 Å². The molecule has 0 aliphatic rings. The average Bonchev–Trinajstić information content (AvgIpc) is 2.34. The molecule has 4 N–H and O–H groups in total. The Balaban J connectivity index is 2.81. The Hall–Kier alpha value is -0.850. The number of thioether (sulfide) groups is 1. The molecule has 1 aromatic heterocycles. The number of hydrogen-bond donors (Lipinski definition) is 3. The summed E-state index contributed by atoms with van der Waals surface area (Å²) < 4.78 is 0. The molecule has 0 radical (unpaired) electrons. The topological polar surface area (TPSA) is 92.0 Å². The highest BCUT2D eigenvalue weighted by Crippen LogP contribution is 2.23. The largest absolute Gasteiger partial charge is 0.395 e. The number of nitrogens with two attached hydrogens (primary N) is 1. The van der Waals surface area contributed by atoms with Gasteiger partial charge in [-0.3, -0.25) is 4.79 Å². The number of aromatic nitrogens is 2. The van der Waals surface area contributed by atoms with Crippen LogP contribution in [0.4, 0.5) is 0 Å². The normalized spacial score (nSPS) is 14.5. The Morgan fingerprint density at radius 3 is 2.75 bits per heavy atom. The van der Waals surface area contributed by atoms with E-state index in [1.165, 1.54) is 17.8 Å². The van der Waals surface area contributed by atoms with Crippen LogP contribution in [0.15, 0.2) is 16.0 Å². The smallest absolute Gasteiger partial charge is 0.251 e. The maximum atomic E-state index is 11.6. The molecule has 0 saturated carbocycles. The van der Waals surface area contributed by atoms with Crippen molar-refractivity contribution in [3.8, 4) is 0 Å². The van der Waals surface area contributed by atoms with E-state index in [1.807, 2.05) is 6.92 Å². The van der Waals surface area contributed by atoms with Crippen molar-refractivity contribution in [2.45, 2.75) is 56.5 Å². The summed E-state index contributed by atoms with van der Waals surface area (Å²) in [5.74, 6) is 0.470. The zero-order valence-electron chi connectivity index (χ0n) is 12.4. The van der Waals surface area contributed by atoms with Crippen molar-refractivity contribution in [3.63, 3.8) is 0 Å². The van der Waals surface area contributed by atoms with Crippen LogP contribution in [-0.4, -0.2) is 33.0 Å². The van der Waals surface area contributed by atoms with Crippen LogP contribution in [0, 0.1) is 5.92 Å². The molecule has 0 aliphatic carbocycles. The summed E-state index contributed by atoms with van der Waals surface area (Å²) in [6.45, 7) is 6.22. The molecular formula is C14H25N3O2S. The summed E-state index contributed by atoms with van der Waals surface area (Å²) in [5.41, 5.74) is 6.74. The zero-order chi connectivity index (χ0) is 15.1. The van der Waals surface area contributed by atoms with Gasteiger partial charge in [-0.15, -0.1) is 0 Å². The van der Waals surface area contributed by atoms with Crippen LogP contribution in [-0.2, 0) is 6.42 Å². The van der Waals surface area contributed by atoms with Crippen molar-refractivity contribution in [2.75, 3.05) is 6.61 Å². The first-order valence-corrected chi connectivity index (χ1v) is 7.97. The Bertz CT molecular complexity index is 462. The standard InChI is InChI=1S/C14H25N3O2S/c1-4-5-10-7-13(19)17-14(16-10)20-12(8-18)11(15)6-9(2)3/h7,9,11-12,18H,4-6,8,15H2,1-3H3,(H,16,17,19). The van der Waals surface area contributed by atoms with E-state index in [0.29, 0.717) is 11.1 Å². The fraction of sp³-hybridized carbons (Fsp3) is 0.714. The van der Waals surface area contributed by atoms with Gasteiger partial charge in [-0.05, 0) is 18.8 Å². The van der Waals surface area contributed by atoms with E-state index in [0.717, 1.165) is 25.0 Å². The molecule has 2 atom stereocenters. The second kappa shape index (κ2) is 8.44. The quantitative estimate of drug-likeness (QED) is 0.500. The number of nitrogens with zero attached hydrogens (tertiary/aromatic N) is 1. The van der Waals surface area contributed by atoms with E-state index < -0.39 is 0 Å². The third kappa shape index (κ3) is 5.64. The number of aryl methyl sites for hydroxylation is 1. The van der Waals surface area contributed by atoms with E-state index in [9.17, 15) is 9.90 Å². The second-order valence-corrected chi connectivity index (χ2v) is 6.65. The lowest BCUT2D eigenvalue weighted by molar-refractivity contribution is 0.274.